The van der Waals surface area contributed by atoms with Gasteiger partial charge >= 0.3 is 0 Å². The summed E-state index contributed by atoms with van der Waals surface area (Å²) < 4.78 is 6.59. The topological polar surface area (TPSA) is 99.0 Å². The van der Waals surface area contributed by atoms with Crippen LogP contribution in [-0.4, -0.2) is 26.0 Å². The SMILES string of the molecule is Cc1ccccc1NC(=O)C(C)Sc1nnc(-c2ccco2)n1N. The van der Waals surface area contributed by atoms with Gasteiger partial charge in [0.05, 0.1) is 11.5 Å². The number of hydrogen-bond donors (Lipinski definition) is 2. The molecule has 0 aliphatic rings. The van der Waals surface area contributed by atoms with E-state index in [0.29, 0.717) is 16.7 Å². The molecule has 0 aliphatic carbocycles. The zero-order valence-corrected chi connectivity index (χ0v) is 14.1. The number of furan rings is 1. The first-order valence-electron chi connectivity index (χ1n) is 7.34. The normalized spacial score (nSPS) is 12.1. The van der Waals surface area contributed by atoms with E-state index in [-0.39, 0.29) is 11.2 Å². The lowest BCUT2D eigenvalue weighted by Gasteiger charge is -2.12. The number of hydrogen-bond acceptors (Lipinski definition) is 6. The molecule has 2 aromatic heterocycles. The molecule has 2 heterocycles. The molecule has 1 aromatic carbocycles. The molecule has 0 radical (unpaired) electrons. The first-order valence-corrected chi connectivity index (χ1v) is 8.21. The summed E-state index contributed by atoms with van der Waals surface area (Å²) in [6.07, 6.45) is 1.54. The van der Waals surface area contributed by atoms with Gasteiger partial charge in [-0.15, -0.1) is 10.2 Å². The van der Waals surface area contributed by atoms with E-state index in [1.165, 1.54) is 22.7 Å². The molecule has 0 saturated heterocycles. The summed E-state index contributed by atoms with van der Waals surface area (Å²) in [5.74, 6) is 6.80. The van der Waals surface area contributed by atoms with Crippen molar-refractivity contribution in [3.63, 3.8) is 0 Å². The van der Waals surface area contributed by atoms with E-state index < -0.39 is 0 Å². The number of nitrogens with two attached hydrogens (primary N) is 1. The van der Waals surface area contributed by atoms with Crippen molar-refractivity contribution in [1.29, 1.82) is 0 Å². The van der Waals surface area contributed by atoms with E-state index in [9.17, 15) is 4.79 Å². The molecule has 124 valence electrons. The second-order valence-electron chi connectivity index (χ2n) is 5.22. The number of aryl methyl sites for hydroxylation is 1. The van der Waals surface area contributed by atoms with Gasteiger partial charge in [0.15, 0.2) is 5.76 Å². The fourth-order valence-electron chi connectivity index (χ4n) is 2.09. The van der Waals surface area contributed by atoms with Crippen LogP contribution in [0.4, 0.5) is 5.69 Å². The summed E-state index contributed by atoms with van der Waals surface area (Å²) >= 11 is 1.23. The molecule has 0 aliphatic heterocycles. The Labute approximate surface area is 143 Å². The van der Waals surface area contributed by atoms with Crippen LogP contribution in [-0.2, 0) is 4.79 Å². The Morgan fingerprint density at radius 1 is 1.29 bits per heavy atom. The molecule has 1 amide bonds. The highest BCUT2D eigenvalue weighted by atomic mass is 32.2. The van der Waals surface area contributed by atoms with E-state index >= 15 is 0 Å². The summed E-state index contributed by atoms with van der Waals surface area (Å²) in [5, 5.41) is 11.0. The van der Waals surface area contributed by atoms with Crippen molar-refractivity contribution in [2.75, 3.05) is 11.2 Å². The molecule has 0 saturated carbocycles. The van der Waals surface area contributed by atoms with E-state index in [0.717, 1.165) is 11.3 Å². The Morgan fingerprint density at radius 2 is 2.08 bits per heavy atom. The molecule has 3 N–H and O–H groups in total. The van der Waals surface area contributed by atoms with Crippen LogP contribution in [0, 0.1) is 6.92 Å². The Kier molecular flexibility index (Phi) is 4.57. The molecule has 3 rings (SSSR count). The van der Waals surface area contributed by atoms with Crippen LogP contribution >= 0.6 is 11.8 Å². The number of amides is 1. The molecule has 24 heavy (non-hydrogen) atoms. The van der Waals surface area contributed by atoms with E-state index in [4.69, 9.17) is 10.3 Å². The zero-order chi connectivity index (χ0) is 17.1. The van der Waals surface area contributed by atoms with Crippen LogP contribution in [0.3, 0.4) is 0 Å². The summed E-state index contributed by atoms with van der Waals surface area (Å²) in [4.78, 5) is 12.4. The van der Waals surface area contributed by atoms with E-state index in [1.54, 1.807) is 19.1 Å². The molecular weight excluding hydrogens is 326 g/mol. The molecule has 0 fully saturated rings. The zero-order valence-electron chi connectivity index (χ0n) is 13.3. The van der Waals surface area contributed by atoms with Gasteiger partial charge in [-0.3, -0.25) is 4.79 Å². The molecule has 0 bridgehead atoms. The van der Waals surface area contributed by atoms with Gasteiger partial charge in [0.25, 0.3) is 0 Å². The third-order valence-electron chi connectivity index (χ3n) is 3.46. The number of thioether (sulfide) groups is 1. The average molecular weight is 343 g/mol. The van der Waals surface area contributed by atoms with Crippen LogP contribution in [0.2, 0.25) is 0 Å². The predicted octanol–water partition coefficient (Wildman–Crippen LogP) is 2.68. The number of benzene rings is 1. The van der Waals surface area contributed by atoms with Crippen LogP contribution < -0.4 is 11.2 Å². The van der Waals surface area contributed by atoms with Crippen molar-refractivity contribution in [2.24, 2.45) is 0 Å². The molecule has 3 aromatic rings. The maximum atomic E-state index is 12.4. The average Bonchev–Trinajstić information content (AvgIpc) is 3.20. The maximum Gasteiger partial charge on any atom is 0.237 e. The lowest BCUT2D eigenvalue weighted by molar-refractivity contribution is -0.115. The van der Waals surface area contributed by atoms with Gasteiger partial charge in [0, 0.05) is 5.69 Å². The van der Waals surface area contributed by atoms with Crippen LogP contribution in [0.1, 0.15) is 12.5 Å². The number of nitrogens with zero attached hydrogens (tertiary/aromatic N) is 3. The Hall–Kier alpha value is -2.74. The van der Waals surface area contributed by atoms with Gasteiger partial charge in [0.2, 0.25) is 16.9 Å². The minimum absolute atomic E-state index is 0.128. The fourth-order valence-corrected chi connectivity index (χ4v) is 2.86. The number of aromatic nitrogens is 3. The van der Waals surface area contributed by atoms with E-state index in [2.05, 4.69) is 15.5 Å². The Balaban J connectivity index is 1.70. The maximum absolute atomic E-state index is 12.4. The minimum atomic E-state index is -0.388. The molecule has 1 unspecified atom stereocenters. The highest BCUT2D eigenvalue weighted by molar-refractivity contribution is 8.00. The fraction of sp³-hybridized carbons (Fsp3) is 0.188. The summed E-state index contributed by atoms with van der Waals surface area (Å²) in [7, 11) is 0. The quantitative estimate of drug-likeness (QED) is 0.546. The number of nitrogen functional groups attached to an aromatic ring is 1. The standard InChI is InChI=1S/C16H17N5O2S/c1-10-6-3-4-7-12(10)18-15(22)11(2)24-16-20-19-14(21(16)17)13-8-5-9-23-13/h3-9,11H,17H2,1-2H3,(H,18,22). The molecule has 0 spiro atoms. The second-order valence-corrected chi connectivity index (χ2v) is 6.53. The minimum Gasteiger partial charge on any atom is -0.461 e. The van der Waals surface area contributed by atoms with Gasteiger partial charge in [-0.1, -0.05) is 30.0 Å². The van der Waals surface area contributed by atoms with Crippen LogP contribution in [0.5, 0.6) is 0 Å². The van der Waals surface area contributed by atoms with Crippen molar-refractivity contribution in [1.82, 2.24) is 14.9 Å². The number of nitrogens with one attached hydrogen (secondary N) is 1. The van der Waals surface area contributed by atoms with E-state index in [1.807, 2.05) is 31.2 Å². The lowest BCUT2D eigenvalue weighted by Crippen LogP contribution is -2.24. The van der Waals surface area contributed by atoms with Crippen molar-refractivity contribution in [3.05, 3.63) is 48.2 Å². The number of anilines is 1. The van der Waals surface area contributed by atoms with Crippen LogP contribution in [0.15, 0.2) is 52.2 Å². The van der Waals surface area contributed by atoms with Gasteiger partial charge in [-0.05, 0) is 37.6 Å². The lowest BCUT2D eigenvalue weighted by atomic mass is 10.2. The third kappa shape index (κ3) is 3.28. The summed E-state index contributed by atoms with van der Waals surface area (Å²) in [6, 6.07) is 11.1. The molecule has 1 atom stereocenters. The third-order valence-corrected chi connectivity index (χ3v) is 4.52. The number of para-hydroxylation sites is 1. The molecule has 7 nitrogen and oxygen atoms in total. The number of carbonyl (C=O) groups is 1. The number of rotatable bonds is 5. The highest BCUT2D eigenvalue weighted by Gasteiger charge is 2.21. The number of carbonyl (C=O) groups excluding carboxylic acids is 1. The second kappa shape index (κ2) is 6.79. The monoisotopic (exact) mass is 343 g/mol. The van der Waals surface area contributed by atoms with Crippen molar-refractivity contribution >= 4 is 23.4 Å². The van der Waals surface area contributed by atoms with Crippen molar-refractivity contribution in [3.8, 4) is 11.6 Å². The van der Waals surface area contributed by atoms with Crippen molar-refractivity contribution in [2.45, 2.75) is 24.3 Å². The highest BCUT2D eigenvalue weighted by Crippen LogP contribution is 2.26. The summed E-state index contributed by atoms with van der Waals surface area (Å²) in [6.45, 7) is 3.74. The first kappa shape index (κ1) is 16.1. The summed E-state index contributed by atoms with van der Waals surface area (Å²) in [5.41, 5.74) is 1.80. The van der Waals surface area contributed by atoms with Gasteiger partial charge in [-0.25, -0.2) is 4.68 Å². The van der Waals surface area contributed by atoms with Crippen LogP contribution in [0.25, 0.3) is 11.6 Å². The largest absolute Gasteiger partial charge is 0.461 e. The first-order chi connectivity index (χ1) is 11.6. The van der Waals surface area contributed by atoms with Gasteiger partial charge < -0.3 is 15.6 Å². The smallest absolute Gasteiger partial charge is 0.237 e. The Morgan fingerprint density at radius 3 is 2.79 bits per heavy atom. The van der Waals surface area contributed by atoms with Gasteiger partial charge in [0.1, 0.15) is 0 Å². The molecular formula is C16H17N5O2S. The Bertz CT molecular complexity index is 844. The molecule has 8 heteroatoms. The van der Waals surface area contributed by atoms with Crippen molar-refractivity contribution < 1.29 is 9.21 Å². The predicted molar refractivity (Wildman–Crippen MR) is 93.0 cm³/mol. The van der Waals surface area contributed by atoms with Gasteiger partial charge in [-0.2, -0.15) is 0 Å².